The maximum absolute atomic E-state index is 13.8. The summed E-state index contributed by atoms with van der Waals surface area (Å²) in [5.74, 6) is -0.0800. The van der Waals surface area contributed by atoms with Gasteiger partial charge in [-0.2, -0.15) is 4.31 Å². The van der Waals surface area contributed by atoms with Crippen LogP contribution in [0.2, 0.25) is 0 Å². The average Bonchev–Trinajstić information content (AvgIpc) is 2.42. The molecular weight excluding hydrogens is 281 g/mol. The van der Waals surface area contributed by atoms with Crippen molar-refractivity contribution >= 4 is 10.0 Å². The second-order valence-electron chi connectivity index (χ2n) is 5.45. The van der Waals surface area contributed by atoms with Crippen LogP contribution in [0.5, 0.6) is 0 Å². The van der Waals surface area contributed by atoms with E-state index in [2.05, 4.69) is 6.92 Å². The summed E-state index contributed by atoms with van der Waals surface area (Å²) in [5.41, 5.74) is 0.387. The highest BCUT2D eigenvalue weighted by Gasteiger charge is 2.30. The third-order valence-electron chi connectivity index (χ3n) is 3.90. The Hall–Kier alpha value is -0.980. The lowest BCUT2D eigenvalue weighted by Crippen LogP contribution is -2.38. The Labute approximate surface area is 119 Å². The van der Waals surface area contributed by atoms with Gasteiger partial charge in [0.15, 0.2) is 0 Å². The quantitative estimate of drug-likeness (QED) is 0.929. The van der Waals surface area contributed by atoms with E-state index in [9.17, 15) is 12.8 Å². The van der Waals surface area contributed by atoms with Crippen LogP contribution in [0.4, 0.5) is 4.39 Å². The van der Waals surface area contributed by atoms with Gasteiger partial charge in [0.25, 0.3) is 0 Å². The van der Waals surface area contributed by atoms with Crippen LogP contribution in [-0.2, 0) is 16.6 Å². The van der Waals surface area contributed by atoms with Crippen molar-refractivity contribution in [3.8, 4) is 0 Å². The minimum atomic E-state index is -3.69. The Morgan fingerprint density at radius 1 is 1.35 bits per heavy atom. The molecule has 0 atom stereocenters. The fourth-order valence-corrected chi connectivity index (χ4v) is 4.19. The van der Waals surface area contributed by atoms with Crippen molar-refractivity contribution in [2.24, 2.45) is 5.92 Å². The first kappa shape index (κ1) is 15.4. The van der Waals surface area contributed by atoms with Crippen molar-refractivity contribution in [2.75, 3.05) is 13.1 Å². The predicted octanol–water partition coefficient (Wildman–Crippen LogP) is 2.05. The first-order valence-corrected chi connectivity index (χ1v) is 8.20. The standard InChI is InChI=1S/C14H20FNO3S/c1-10-3-5-16(6-4-10)20(18,19)14-8-12(9-17)7-13(15)11(14)2/h7-8,10,17H,3-6,9H2,1-2H3. The molecule has 0 bridgehead atoms. The summed E-state index contributed by atoms with van der Waals surface area (Å²) in [4.78, 5) is -0.0314. The fraction of sp³-hybridized carbons (Fsp3) is 0.571. The van der Waals surface area contributed by atoms with Crippen LogP contribution in [-0.4, -0.2) is 30.9 Å². The molecule has 2 rings (SSSR count). The van der Waals surface area contributed by atoms with E-state index in [4.69, 9.17) is 5.11 Å². The number of hydrogen-bond acceptors (Lipinski definition) is 3. The third kappa shape index (κ3) is 2.87. The van der Waals surface area contributed by atoms with Crippen molar-refractivity contribution in [3.05, 3.63) is 29.1 Å². The molecule has 1 saturated heterocycles. The van der Waals surface area contributed by atoms with Gasteiger partial charge in [0.1, 0.15) is 5.82 Å². The monoisotopic (exact) mass is 301 g/mol. The Kier molecular flexibility index (Phi) is 4.46. The van der Waals surface area contributed by atoms with E-state index in [1.54, 1.807) is 0 Å². The number of aliphatic hydroxyl groups excluding tert-OH is 1. The number of piperidine rings is 1. The number of halogens is 1. The lowest BCUT2D eigenvalue weighted by Gasteiger charge is -2.30. The molecule has 1 aliphatic rings. The first-order valence-electron chi connectivity index (χ1n) is 6.76. The third-order valence-corrected chi connectivity index (χ3v) is 5.92. The van der Waals surface area contributed by atoms with Crippen molar-refractivity contribution in [1.82, 2.24) is 4.31 Å². The Bertz CT molecular complexity index is 593. The molecule has 1 aromatic rings. The molecule has 6 heteroatoms. The molecule has 0 aliphatic carbocycles. The van der Waals surface area contributed by atoms with Gasteiger partial charge in [-0.3, -0.25) is 0 Å². The highest BCUT2D eigenvalue weighted by atomic mass is 32.2. The van der Waals surface area contributed by atoms with Gasteiger partial charge in [0.2, 0.25) is 10.0 Å². The Morgan fingerprint density at radius 3 is 2.50 bits per heavy atom. The van der Waals surface area contributed by atoms with Crippen LogP contribution >= 0.6 is 0 Å². The summed E-state index contributed by atoms with van der Waals surface area (Å²) in [6.45, 7) is 4.11. The smallest absolute Gasteiger partial charge is 0.243 e. The summed E-state index contributed by atoms with van der Waals surface area (Å²) in [7, 11) is -3.69. The second-order valence-corrected chi connectivity index (χ2v) is 7.35. The molecule has 1 fully saturated rings. The highest BCUT2D eigenvalue weighted by molar-refractivity contribution is 7.89. The highest BCUT2D eigenvalue weighted by Crippen LogP contribution is 2.27. The zero-order valence-corrected chi connectivity index (χ0v) is 12.6. The topological polar surface area (TPSA) is 57.6 Å². The minimum absolute atomic E-state index is 0.0314. The number of benzene rings is 1. The Morgan fingerprint density at radius 2 is 1.95 bits per heavy atom. The summed E-state index contributed by atoms with van der Waals surface area (Å²) >= 11 is 0. The van der Waals surface area contributed by atoms with Gasteiger partial charge < -0.3 is 5.11 Å². The lowest BCUT2D eigenvalue weighted by molar-refractivity contribution is 0.280. The molecule has 0 amide bonds. The van der Waals surface area contributed by atoms with Crippen LogP contribution in [0.15, 0.2) is 17.0 Å². The van der Waals surface area contributed by atoms with Crippen molar-refractivity contribution in [3.63, 3.8) is 0 Å². The van der Waals surface area contributed by atoms with E-state index < -0.39 is 15.8 Å². The zero-order valence-electron chi connectivity index (χ0n) is 11.8. The second kappa shape index (κ2) is 5.79. The number of sulfonamides is 1. The van der Waals surface area contributed by atoms with E-state index in [1.807, 2.05) is 0 Å². The molecule has 4 nitrogen and oxygen atoms in total. The van der Waals surface area contributed by atoms with Gasteiger partial charge in [0.05, 0.1) is 11.5 Å². The normalized spacial score (nSPS) is 18.4. The first-order chi connectivity index (χ1) is 9.36. The molecule has 1 aliphatic heterocycles. The van der Waals surface area contributed by atoms with Crippen LogP contribution in [0, 0.1) is 18.7 Å². The van der Waals surface area contributed by atoms with Gasteiger partial charge in [-0.25, -0.2) is 12.8 Å². The predicted molar refractivity (Wildman–Crippen MR) is 74.2 cm³/mol. The molecule has 1 heterocycles. The molecule has 0 aromatic heterocycles. The summed E-state index contributed by atoms with van der Waals surface area (Å²) in [5, 5.41) is 9.11. The van der Waals surface area contributed by atoms with Crippen molar-refractivity contribution in [1.29, 1.82) is 0 Å². The molecule has 1 N–H and O–H groups in total. The van der Waals surface area contributed by atoms with Crippen LogP contribution < -0.4 is 0 Å². The van der Waals surface area contributed by atoms with E-state index in [-0.39, 0.29) is 22.6 Å². The van der Waals surface area contributed by atoms with Gasteiger partial charge in [-0.05, 0) is 43.4 Å². The molecule has 20 heavy (non-hydrogen) atoms. The molecular formula is C14H20FNO3S. The number of rotatable bonds is 3. The molecule has 0 spiro atoms. The van der Waals surface area contributed by atoms with Crippen LogP contribution in [0.1, 0.15) is 30.9 Å². The lowest BCUT2D eigenvalue weighted by atomic mass is 10.0. The fourth-order valence-electron chi connectivity index (χ4n) is 2.43. The number of hydrogen-bond donors (Lipinski definition) is 1. The number of aliphatic hydroxyl groups is 1. The number of nitrogens with zero attached hydrogens (tertiary/aromatic N) is 1. The Balaban J connectivity index is 2.41. The average molecular weight is 301 g/mol. The summed E-state index contributed by atoms with van der Waals surface area (Å²) in [6, 6.07) is 2.54. The molecule has 1 aromatic carbocycles. The van der Waals surface area contributed by atoms with Crippen molar-refractivity contribution in [2.45, 2.75) is 38.2 Å². The molecule has 112 valence electrons. The summed E-state index contributed by atoms with van der Waals surface area (Å²) in [6.07, 6.45) is 1.64. The van der Waals surface area contributed by atoms with Gasteiger partial charge in [0, 0.05) is 18.7 Å². The van der Waals surface area contributed by atoms with Gasteiger partial charge in [-0.1, -0.05) is 6.92 Å². The van der Waals surface area contributed by atoms with E-state index in [1.165, 1.54) is 23.4 Å². The largest absolute Gasteiger partial charge is 0.392 e. The van der Waals surface area contributed by atoms with E-state index in [0.29, 0.717) is 19.0 Å². The van der Waals surface area contributed by atoms with Crippen LogP contribution in [0.3, 0.4) is 0 Å². The zero-order chi connectivity index (χ0) is 14.9. The van der Waals surface area contributed by atoms with Crippen LogP contribution in [0.25, 0.3) is 0 Å². The van der Waals surface area contributed by atoms with E-state index >= 15 is 0 Å². The molecule has 0 radical (unpaired) electrons. The molecule has 0 unspecified atom stereocenters. The summed E-state index contributed by atoms with van der Waals surface area (Å²) < 4.78 is 40.4. The van der Waals surface area contributed by atoms with E-state index in [0.717, 1.165) is 12.8 Å². The maximum atomic E-state index is 13.8. The maximum Gasteiger partial charge on any atom is 0.243 e. The molecule has 0 saturated carbocycles. The van der Waals surface area contributed by atoms with Crippen molar-refractivity contribution < 1.29 is 17.9 Å². The minimum Gasteiger partial charge on any atom is -0.392 e. The van der Waals surface area contributed by atoms with Gasteiger partial charge in [-0.15, -0.1) is 0 Å². The van der Waals surface area contributed by atoms with Gasteiger partial charge >= 0.3 is 0 Å². The SMILES string of the molecule is Cc1c(F)cc(CO)cc1S(=O)(=O)N1CCC(C)CC1.